The van der Waals surface area contributed by atoms with Gasteiger partial charge in [-0.05, 0) is 31.0 Å². The number of rotatable bonds is 8. The van der Waals surface area contributed by atoms with Gasteiger partial charge in [0.1, 0.15) is 6.33 Å². The van der Waals surface area contributed by atoms with Gasteiger partial charge in [-0.25, -0.2) is 15.0 Å². The van der Waals surface area contributed by atoms with E-state index in [1.807, 2.05) is 16.7 Å². The molecule has 27 heavy (non-hydrogen) atoms. The molecule has 0 aliphatic rings. The Morgan fingerprint density at radius 3 is 2.56 bits per heavy atom. The third-order valence-corrected chi connectivity index (χ3v) is 5.28. The van der Waals surface area contributed by atoms with Gasteiger partial charge in [0.25, 0.3) is 0 Å². The van der Waals surface area contributed by atoms with Crippen molar-refractivity contribution in [3.05, 3.63) is 34.6 Å². The Labute approximate surface area is 170 Å². The van der Waals surface area contributed by atoms with Crippen molar-refractivity contribution >= 4 is 57.9 Å². The Balaban J connectivity index is 1.86. The molecule has 0 unspecified atom stereocenters. The molecule has 4 N–H and O–H groups in total. The maximum atomic E-state index is 10.9. The van der Waals surface area contributed by atoms with E-state index < -0.39 is 0 Å². The van der Waals surface area contributed by atoms with Gasteiger partial charge >= 0.3 is 0 Å². The Bertz CT molecular complexity index is 957. The average Bonchev–Trinajstić information content (AvgIpc) is 2.92. The summed E-state index contributed by atoms with van der Waals surface area (Å²) in [5.74, 6) is 0.0520. The fraction of sp³-hybridized carbons (Fsp3) is 0.294. The third kappa shape index (κ3) is 5.03. The van der Waals surface area contributed by atoms with Crippen molar-refractivity contribution in [1.82, 2.24) is 19.5 Å². The smallest absolute Gasteiger partial charge is 0.217 e. The first-order valence-corrected chi connectivity index (χ1v) is 9.90. The molecule has 1 amide bonds. The number of nitrogen functional groups attached to an aromatic ring is 1. The van der Waals surface area contributed by atoms with Gasteiger partial charge in [0, 0.05) is 27.9 Å². The number of nitrogens with zero attached hydrogens (tertiary/aromatic N) is 4. The number of primary amides is 1. The summed E-state index contributed by atoms with van der Waals surface area (Å²) >= 11 is 13.6. The number of anilines is 1. The second kappa shape index (κ2) is 8.77. The standard InChI is InChI=1S/C17H18Cl2N6OS/c18-10-6-11(19)8-12(7-10)27-17-24-14-15(21)22-9-23-16(14)25(17)5-3-1-2-4-13(20)26/h6-9H,1-5H2,(H2,20,26)(H2,21,22,23). The maximum Gasteiger partial charge on any atom is 0.217 e. The van der Waals surface area contributed by atoms with Crippen LogP contribution in [0.2, 0.25) is 10.0 Å². The number of nitrogens with two attached hydrogens (primary N) is 2. The van der Waals surface area contributed by atoms with E-state index in [4.69, 9.17) is 34.7 Å². The van der Waals surface area contributed by atoms with E-state index in [9.17, 15) is 4.79 Å². The lowest BCUT2D eigenvalue weighted by atomic mass is 10.2. The largest absolute Gasteiger partial charge is 0.382 e. The molecule has 0 saturated heterocycles. The van der Waals surface area contributed by atoms with Gasteiger partial charge in [0.05, 0.1) is 0 Å². The number of benzene rings is 1. The average molecular weight is 425 g/mol. The van der Waals surface area contributed by atoms with Crippen LogP contribution < -0.4 is 11.5 Å². The van der Waals surface area contributed by atoms with Crippen molar-refractivity contribution in [2.45, 2.75) is 42.3 Å². The minimum Gasteiger partial charge on any atom is -0.382 e. The summed E-state index contributed by atoms with van der Waals surface area (Å²) in [6.07, 6.45) is 4.30. The first-order valence-electron chi connectivity index (χ1n) is 8.33. The van der Waals surface area contributed by atoms with Crippen LogP contribution in [0.15, 0.2) is 34.6 Å². The monoisotopic (exact) mass is 424 g/mol. The number of imidazole rings is 1. The van der Waals surface area contributed by atoms with Crippen LogP contribution in [0.4, 0.5) is 5.82 Å². The lowest BCUT2D eigenvalue weighted by Crippen LogP contribution is -2.09. The summed E-state index contributed by atoms with van der Waals surface area (Å²) in [5, 5.41) is 1.84. The molecule has 3 rings (SSSR count). The lowest BCUT2D eigenvalue weighted by molar-refractivity contribution is -0.118. The fourth-order valence-corrected chi connectivity index (χ4v) is 4.32. The van der Waals surface area contributed by atoms with Crippen LogP contribution >= 0.6 is 35.0 Å². The molecule has 2 aromatic heterocycles. The van der Waals surface area contributed by atoms with E-state index >= 15 is 0 Å². The maximum absolute atomic E-state index is 10.9. The summed E-state index contributed by atoms with van der Waals surface area (Å²) in [5.41, 5.74) is 12.4. The number of hydrogen-bond acceptors (Lipinski definition) is 6. The summed E-state index contributed by atoms with van der Waals surface area (Å²) < 4.78 is 2.00. The molecule has 0 fully saturated rings. The van der Waals surface area contributed by atoms with Crippen molar-refractivity contribution in [3.8, 4) is 0 Å². The Morgan fingerprint density at radius 2 is 1.85 bits per heavy atom. The molecule has 0 radical (unpaired) electrons. The Kier molecular flexibility index (Phi) is 6.41. The molecule has 3 aromatic rings. The second-order valence-electron chi connectivity index (χ2n) is 5.96. The highest BCUT2D eigenvalue weighted by atomic mass is 35.5. The first-order chi connectivity index (χ1) is 12.9. The number of halogens is 2. The molecular formula is C17H18Cl2N6OS. The molecule has 0 aliphatic heterocycles. The van der Waals surface area contributed by atoms with E-state index in [0.29, 0.717) is 40.0 Å². The molecule has 1 aromatic carbocycles. The predicted molar refractivity (Wildman–Crippen MR) is 108 cm³/mol. The van der Waals surface area contributed by atoms with Gasteiger partial charge in [0.2, 0.25) is 5.91 Å². The Hall–Kier alpha value is -2.03. The number of fused-ring (bicyclic) bond motifs is 1. The number of hydrogen-bond donors (Lipinski definition) is 2. The zero-order chi connectivity index (χ0) is 19.4. The molecule has 0 atom stereocenters. The number of aromatic nitrogens is 4. The van der Waals surface area contributed by atoms with Crippen LogP contribution in [0.3, 0.4) is 0 Å². The highest BCUT2D eigenvalue weighted by Gasteiger charge is 2.16. The molecule has 2 heterocycles. The van der Waals surface area contributed by atoms with Crippen molar-refractivity contribution in [2.24, 2.45) is 5.73 Å². The number of carbonyl (C=O) groups excluding carboxylic acids is 1. The highest BCUT2D eigenvalue weighted by molar-refractivity contribution is 7.99. The van der Waals surface area contributed by atoms with Gasteiger partial charge in [-0.3, -0.25) is 4.79 Å². The van der Waals surface area contributed by atoms with Crippen LogP contribution in [0.1, 0.15) is 25.7 Å². The van der Waals surface area contributed by atoms with Crippen LogP contribution in [0.25, 0.3) is 11.2 Å². The van der Waals surface area contributed by atoms with Crippen LogP contribution in [0, 0.1) is 0 Å². The topological polar surface area (TPSA) is 113 Å². The zero-order valence-corrected chi connectivity index (χ0v) is 16.7. The van der Waals surface area contributed by atoms with E-state index in [1.165, 1.54) is 18.1 Å². The molecule has 142 valence electrons. The molecule has 7 nitrogen and oxygen atoms in total. The molecule has 10 heteroatoms. The van der Waals surface area contributed by atoms with Crippen molar-refractivity contribution < 1.29 is 4.79 Å². The van der Waals surface area contributed by atoms with Gasteiger partial charge in [-0.1, -0.05) is 41.4 Å². The van der Waals surface area contributed by atoms with E-state index in [0.717, 1.165) is 29.3 Å². The van der Waals surface area contributed by atoms with Crippen LogP contribution in [-0.2, 0) is 11.3 Å². The number of unbranched alkanes of at least 4 members (excludes halogenated alkanes) is 2. The van der Waals surface area contributed by atoms with Gasteiger partial charge in [-0.2, -0.15) is 0 Å². The zero-order valence-electron chi connectivity index (χ0n) is 14.4. The predicted octanol–water partition coefficient (Wildman–Crippen LogP) is 3.91. The molecule has 0 aliphatic carbocycles. The van der Waals surface area contributed by atoms with E-state index in [2.05, 4.69) is 15.0 Å². The van der Waals surface area contributed by atoms with Gasteiger partial charge < -0.3 is 16.0 Å². The summed E-state index contributed by atoms with van der Waals surface area (Å²) in [6.45, 7) is 0.683. The summed E-state index contributed by atoms with van der Waals surface area (Å²) in [6, 6.07) is 5.33. The lowest BCUT2D eigenvalue weighted by Gasteiger charge is -2.08. The third-order valence-electron chi connectivity index (χ3n) is 3.88. The van der Waals surface area contributed by atoms with Crippen molar-refractivity contribution in [2.75, 3.05) is 5.73 Å². The molecular weight excluding hydrogens is 407 g/mol. The minimum absolute atomic E-state index is 0.280. The fourth-order valence-electron chi connectivity index (χ4n) is 2.65. The van der Waals surface area contributed by atoms with Gasteiger partial charge in [-0.15, -0.1) is 0 Å². The SMILES string of the molecule is NC(=O)CCCCCn1c(Sc2cc(Cl)cc(Cl)c2)nc2c(N)ncnc21. The number of amides is 1. The quantitative estimate of drug-likeness (QED) is 0.529. The molecule has 0 bridgehead atoms. The summed E-state index contributed by atoms with van der Waals surface area (Å²) in [7, 11) is 0. The van der Waals surface area contributed by atoms with Crippen molar-refractivity contribution in [1.29, 1.82) is 0 Å². The van der Waals surface area contributed by atoms with Crippen LogP contribution in [-0.4, -0.2) is 25.4 Å². The van der Waals surface area contributed by atoms with E-state index in [1.54, 1.807) is 6.07 Å². The highest BCUT2D eigenvalue weighted by Crippen LogP contribution is 2.34. The van der Waals surface area contributed by atoms with Gasteiger partial charge in [0.15, 0.2) is 22.1 Å². The molecule has 0 saturated carbocycles. The van der Waals surface area contributed by atoms with Crippen LogP contribution in [0.5, 0.6) is 0 Å². The normalized spacial score (nSPS) is 11.2. The minimum atomic E-state index is -0.280. The first kappa shape index (κ1) is 19.7. The second-order valence-corrected chi connectivity index (χ2v) is 7.87. The Morgan fingerprint density at radius 1 is 1.11 bits per heavy atom. The molecule has 0 spiro atoms. The number of carbonyl (C=O) groups is 1. The van der Waals surface area contributed by atoms with E-state index in [-0.39, 0.29) is 5.91 Å². The summed E-state index contributed by atoms with van der Waals surface area (Å²) in [4.78, 5) is 24.7. The number of aryl methyl sites for hydroxylation is 1. The van der Waals surface area contributed by atoms with Crippen molar-refractivity contribution in [3.63, 3.8) is 0 Å².